The molecule has 1 aromatic carbocycles. The maximum absolute atomic E-state index is 13.2. The van der Waals surface area contributed by atoms with E-state index in [0.29, 0.717) is 31.6 Å². The molecule has 5 rings (SSSR count). The normalized spacial score (nSPS) is 22.1. The lowest BCUT2D eigenvalue weighted by Gasteiger charge is -2.40. The molecule has 0 atom stereocenters. The number of fused-ring (bicyclic) bond motifs is 2. The highest BCUT2D eigenvalue weighted by atomic mass is 79.9. The van der Waals surface area contributed by atoms with Crippen LogP contribution in [0.3, 0.4) is 0 Å². The molecule has 4 heterocycles. The van der Waals surface area contributed by atoms with E-state index >= 15 is 0 Å². The number of nitrogens with one attached hydrogen (secondary N) is 1. The zero-order valence-corrected chi connectivity index (χ0v) is 18.2. The van der Waals surface area contributed by atoms with E-state index < -0.39 is 10.0 Å². The van der Waals surface area contributed by atoms with Gasteiger partial charge in [0, 0.05) is 35.4 Å². The summed E-state index contributed by atoms with van der Waals surface area (Å²) in [7, 11) is -3.70. The Labute approximate surface area is 182 Å². The molecule has 0 unspecified atom stereocenters. The fourth-order valence-electron chi connectivity index (χ4n) is 4.09. The smallest absolute Gasteiger partial charge is 0.414 e. The summed E-state index contributed by atoms with van der Waals surface area (Å²) in [4.78, 5) is 19.5. The third-order valence-electron chi connectivity index (χ3n) is 5.56. The summed E-state index contributed by atoms with van der Waals surface area (Å²) in [5.74, 6) is 0. The molecule has 4 aliphatic rings. The molecular weight excluding hydrogens is 476 g/mol. The number of amides is 1. The number of rotatable bonds is 3. The number of carbonyl (C=O) groups excluding carboxylic acids is 1. The van der Waals surface area contributed by atoms with Gasteiger partial charge < -0.3 is 4.74 Å². The summed E-state index contributed by atoms with van der Waals surface area (Å²) < 4.78 is 34.2. The Morgan fingerprint density at radius 2 is 2.00 bits per heavy atom. The Morgan fingerprint density at radius 1 is 1.20 bits per heavy atom. The van der Waals surface area contributed by atoms with Crippen molar-refractivity contribution in [2.75, 3.05) is 18.0 Å². The zero-order chi connectivity index (χ0) is 20.9. The lowest BCUT2D eigenvalue weighted by atomic mass is 10.0. The van der Waals surface area contributed by atoms with Crippen molar-refractivity contribution in [3.05, 3.63) is 63.4 Å². The number of nitrogens with zero attached hydrogens (tertiary/aromatic N) is 3. The second-order valence-corrected chi connectivity index (χ2v) is 10.1. The van der Waals surface area contributed by atoms with Crippen molar-refractivity contribution < 1.29 is 22.9 Å². The van der Waals surface area contributed by atoms with E-state index in [9.17, 15) is 13.2 Å². The van der Waals surface area contributed by atoms with Gasteiger partial charge in [-0.05, 0) is 43.2 Å². The van der Waals surface area contributed by atoms with Crippen LogP contribution in [0.15, 0.2) is 57.8 Å². The summed E-state index contributed by atoms with van der Waals surface area (Å²) in [5.41, 5.74) is 4.76. The van der Waals surface area contributed by atoms with Crippen LogP contribution >= 0.6 is 15.9 Å². The van der Waals surface area contributed by atoms with Crippen LogP contribution in [0, 0.1) is 0 Å². The molecule has 0 spiro atoms. The van der Waals surface area contributed by atoms with Crippen molar-refractivity contribution >= 4 is 37.7 Å². The number of benzene rings is 1. The predicted molar refractivity (Wildman–Crippen MR) is 112 cm³/mol. The highest BCUT2D eigenvalue weighted by Crippen LogP contribution is 2.35. The molecule has 0 bridgehead atoms. The molecule has 1 fully saturated rings. The Hall–Kier alpha value is -2.34. The molecule has 9 nitrogen and oxygen atoms in total. The number of cyclic esters (lactones) is 1. The molecule has 0 radical (unpaired) electrons. The summed E-state index contributed by atoms with van der Waals surface area (Å²) in [5, 5.41) is 1.37. The van der Waals surface area contributed by atoms with E-state index in [0.717, 1.165) is 15.7 Å². The number of hydroxylamine groups is 3. The minimum Gasteiger partial charge on any atom is -0.444 e. The number of allylic oxidation sites excluding steroid dienone is 2. The van der Waals surface area contributed by atoms with Gasteiger partial charge in [0.1, 0.15) is 17.2 Å². The highest BCUT2D eigenvalue weighted by Gasteiger charge is 2.39. The van der Waals surface area contributed by atoms with Crippen molar-refractivity contribution in [2.24, 2.45) is 0 Å². The second-order valence-electron chi connectivity index (χ2n) is 7.27. The Bertz CT molecular complexity index is 1090. The molecule has 1 saturated heterocycles. The molecule has 0 aliphatic carbocycles. The number of ether oxygens (including phenoxy) is 1. The molecule has 0 aromatic heterocycles. The van der Waals surface area contributed by atoms with E-state index in [2.05, 4.69) is 21.4 Å². The van der Waals surface area contributed by atoms with Crippen molar-refractivity contribution in [3.8, 4) is 0 Å². The van der Waals surface area contributed by atoms with Gasteiger partial charge in [-0.2, -0.15) is 9.24 Å². The first-order chi connectivity index (χ1) is 14.4. The van der Waals surface area contributed by atoms with Crippen LogP contribution in [0.5, 0.6) is 0 Å². The van der Waals surface area contributed by atoms with Crippen LogP contribution < -0.4 is 10.4 Å². The molecule has 11 heteroatoms. The van der Waals surface area contributed by atoms with Gasteiger partial charge in [0.05, 0.1) is 11.9 Å². The average molecular weight is 495 g/mol. The van der Waals surface area contributed by atoms with Gasteiger partial charge in [0.2, 0.25) is 10.0 Å². The van der Waals surface area contributed by atoms with Crippen LogP contribution in [0.2, 0.25) is 0 Å². The fraction of sp³-hybridized carbons (Fsp3) is 0.316. The van der Waals surface area contributed by atoms with E-state index in [1.165, 1.54) is 15.6 Å². The van der Waals surface area contributed by atoms with E-state index in [1.54, 1.807) is 23.3 Å². The Balaban J connectivity index is 1.34. The van der Waals surface area contributed by atoms with Gasteiger partial charge in [-0.3, -0.25) is 4.90 Å². The van der Waals surface area contributed by atoms with Crippen LogP contribution in [0.1, 0.15) is 18.4 Å². The van der Waals surface area contributed by atoms with Crippen LogP contribution in [-0.4, -0.2) is 43.0 Å². The van der Waals surface area contributed by atoms with Crippen LogP contribution in [0.25, 0.3) is 0 Å². The highest BCUT2D eigenvalue weighted by molar-refractivity contribution is 9.10. The summed E-state index contributed by atoms with van der Waals surface area (Å²) >= 11 is 3.44. The standard InChI is InChI=1S/C19H19BrN4O5S/c20-14-3-4-16-13(10-14)12-28-19(25)24(16)15-5-8-22(9-6-15)30(26,27)18-2-1-7-23-17(18)11-21-29-23/h1-4,7,10-11,15,21H,5-6,8-9,12H2. The first-order valence-corrected chi connectivity index (χ1v) is 11.7. The average Bonchev–Trinajstić information content (AvgIpc) is 3.23. The predicted octanol–water partition coefficient (Wildman–Crippen LogP) is 2.70. The maximum atomic E-state index is 13.2. The summed E-state index contributed by atoms with van der Waals surface area (Å²) in [6.45, 7) is 0.858. The lowest BCUT2D eigenvalue weighted by molar-refractivity contribution is -0.112. The number of carbonyl (C=O) groups is 1. The molecule has 30 heavy (non-hydrogen) atoms. The van der Waals surface area contributed by atoms with Gasteiger partial charge in [-0.15, -0.1) is 0 Å². The Kier molecular flexibility index (Phi) is 4.85. The number of hydrogen-bond acceptors (Lipinski definition) is 7. The second kappa shape index (κ2) is 7.41. The molecule has 1 aromatic rings. The molecule has 1 N–H and O–H groups in total. The minimum absolute atomic E-state index is 0.128. The van der Waals surface area contributed by atoms with Crippen molar-refractivity contribution in [3.63, 3.8) is 0 Å². The van der Waals surface area contributed by atoms with Crippen LogP contribution in [-0.2, 0) is 26.3 Å². The quantitative estimate of drug-likeness (QED) is 0.690. The topological polar surface area (TPSA) is 91.4 Å². The van der Waals surface area contributed by atoms with E-state index in [4.69, 9.17) is 9.68 Å². The molecular formula is C19H19BrN4O5S. The summed E-state index contributed by atoms with van der Waals surface area (Å²) in [6.07, 6.45) is 6.99. The third kappa shape index (κ3) is 3.22. The van der Waals surface area contributed by atoms with Crippen molar-refractivity contribution in [1.29, 1.82) is 0 Å². The Morgan fingerprint density at radius 3 is 2.80 bits per heavy atom. The molecule has 4 aliphatic heterocycles. The monoisotopic (exact) mass is 494 g/mol. The SMILES string of the molecule is O=C1OCc2cc(Br)ccc2N1C1CCN(S(=O)(=O)C2=CC=CN3ONC=C23)CC1. The number of halogens is 1. The lowest BCUT2D eigenvalue weighted by Crippen LogP contribution is -2.50. The van der Waals surface area contributed by atoms with Gasteiger partial charge in [0.15, 0.2) is 0 Å². The molecule has 158 valence electrons. The molecule has 0 saturated carbocycles. The largest absolute Gasteiger partial charge is 0.444 e. The fourth-order valence-corrected chi connectivity index (χ4v) is 6.13. The van der Waals surface area contributed by atoms with Gasteiger partial charge in [0.25, 0.3) is 0 Å². The maximum Gasteiger partial charge on any atom is 0.414 e. The van der Waals surface area contributed by atoms with Gasteiger partial charge in [-0.25, -0.2) is 23.8 Å². The van der Waals surface area contributed by atoms with E-state index in [1.807, 2.05) is 18.2 Å². The minimum atomic E-state index is -3.70. The van der Waals surface area contributed by atoms with Crippen LogP contribution in [0.4, 0.5) is 10.5 Å². The third-order valence-corrected chi connectivity index (χ3v) is 8.00. The zero-order valence-electron chi connectivity index (χ0n) is 15.8. The van der Waals surface area contributed by atoms with Gasteiger partial charge in [-0.1, -0.05) is 15.9 Å². The number of hydrogen-bond donors (Lipinski definition) is 1. The summed E-state index contributed by atoms with van der Waals surface area (Å²) in [6, 6.07) is 5.60. The number of piperidine rings is 1. The number of anilines is 1. The van der Waals surface area contributed by atoms with E-state index in [-0.39, 0.29) is 23.6 Å². The van der Waals surface area contributed by atoms with Crippen molar-refractivity contribution in [1.82, 2.24) is 14.8 Å². The first kappa shape index (κ1) is 19.6. The van der Waals surface area contributed by atoms with Crippen molar-refractivity contribution in [2.45, 2.75) is 25.5 Å². The number of sulfonamides is 1. The molecule has 1 amide bonds. The first-order valence-electron chi connectivity index (χ1n) is 9.50. The van der Waals surface area contributed by atoms with Gasteiger partial charge >= 0.3 is 6.09 Å².